The number of ether oxygens (including phenoxy) is 2. The summed E-state index contributed by atoms with van der Waals surface area (Å²) in [6.07, 6.45) is 7.60. The number of carbonyl (C=O) groups is 2. The largest absolute Gasteiger partial charge is 0.490 e. The smallest absolute Gasteiger partial charge is 0.254 e. The van der Waals surface area contributed by atoms with Gasteiger partial charge in [-0.25, -0.2) is 0 Å². The van der Waals surface area contributed by atoms with Gasteiger partial charge in [-0.3, -0.25) is 9.59 Å². The van der Waals surface area contributed by atoms with Gasteiger partial charge < -0.3 is 9.47 Å². The van der Waals surface area contributed by atoms with E-state index in [0.29, 0.717) is 38.2 Å². The number of hydrogen-bond acceptors (Lipinski definition) is 5. The summed E-state index contributed by atoms with van der Waals surface area (Å²) in [6.45, 7) is 2.52. The van der Waals surface area contributed by atoms with Crippen molar-refractivity contribution in [1.29, 1.82) is 0 Å². The molecule has 3 aliphatic carbocycles. The maximum atomic E-state index is 13.0. The lowest BCUT2D eigenvalue weighted by Crippen LogP contribution is -2.38. The summed E-state index contributed by atoms with van der Waals surface area (Å²) in [7, 11) is 0. The molecular weight excluding hydrogens is 555 g/mol. The van der Waals surface area contributed by atoms with Gasteiger partial charge in [-0.1, -0.05) is 41.4 Å². The first kappa shape index (κ1) is 24.3. The lowest BCUT2D eigenvalue weighted by atomic mass is 9.63. The van der Waals surface area contributed by atoms with Crippen molar-refractivity contribution >= 4 is 57.2 Å². The van der Waals surface area contributed by atoms with Gasteiger partial charge in [0.25, 0.3) is 11.8 Å². The van der Waals surface area contributed by atoms with Gasteiger partial charge in [-0.05, 0) is 77.4 Å². The third-order valence-corrected chi connectivity index (χ3v) is 7.95. The molecule has 4 atom stereocenters. The molecule has 0 unspecified atom stereocenters. The quantitative estimate of drug-likeness (QED) is 0.221. The maximum Gasteiger partial charge on any atom is 0.254 e. The summed E-state index contributed by atoms with van der Waals surface area (Å²) in [5, 5.41) is 6.41. The molecule has 0 spiro atoms. The highest BCUT2D eigenvalue weighted by Crippen LogP contribution is 2.49. The number of fused-ring (bicyclic) bond motifs is 1. The highest BCUT2D eigenvalue weighted by Gasteiger charge is 2.56. The van der Waals surface area contributed by atoms with Gasteiger partial charge in [0.1, 0.15) is 6.61 Å². The van der Waals surface area contributed by atoms with Gasteiger partial charge in [0.05, 0.1) is 29.1 Å². The van der Waals surface area contributed by atoms with Gasteiger partial charge in [0, 0.05) is 15.6 Å². The molecule has 0 radical (unpaired) electrons. The van der Waals surface area contributed by atoms with Crippen LogP contribution in [0.15, 0.2) is 52.1 Å². The van der Waals surface area contributed by atoms with Crippen LogP contribution in [0.5, 0.6) is 11.5 Å². The van der Waals surface area contributed by atoms with Crippen LogP contribution in [0.2, 0.25) is 10.0 Å². The van der Waals surface area contributed by atoms with Crippen molar-refractivity contribution < 1.29 is 19.1 Å². The number of rotatable bonds is 7. The fraction of sp³-hybridized carbons (Fsp3) is 0.346. The second-order valence-corrected chi connectivity index (χ2v) is 10.6. The fourth-order valence-corrected chi connectivity index (χ4v) is 6.19. The number of amides is 2. The first-order chi connectivity index (χ1) is 16.9. The van der Waals surface area contributed by atoms with Crippen molar-refractivity contribution in [3.05, 3.63) is 68.1 Å². The minimum atomic E-state index is -0.287. The second-order valence-electron chi connectivity index (χ2n) is 8.86. The Labute approximate surface area is 222 Å². The van der Waals surface area contributed by atoms with Crippen LogP contribution in [0.25, 0.3) is 0 Å². The second kappa shape index (κ2) is 9.96. The zero-order chi connectivity index (χ0) is 24.7. The number of halogens is 3. The number of hydrazone groups is 1. The molecule has 9 heteroatoms. The van der Waals surface area contributed by atoms with Crippen LogP contribution < -0.4 is 9.47 Å². The molecule has 182 valence electrons. The van der Waals surface area contributed by atoms with Crippen LogP contribution in [0.3, 0.4) is 0 Å². The molecule has 2 fully saturated rings. The monoisotopic (exact) mass is 576 g/mol. The van der Waals surface area contributed by atoms with Crippen LogP contribution in [0.1, 0.15) is 30.9 Å². The molecule has 2 bridgehead atoms. The molecule has 6 nitrogen and oxygen atoms in total. The molecule has 4 aliphatic rings. The van der Waals surface area contributed by atoms with E-state index >= 15 is 0 Å². The average molecular weight is 578 g/mol. The maximum absolute atomic E-state index is 13.0. The SMILES string of the molecule is CCOc1cc(/C=N\N2C(=O)[C@@H]3[C@@H](C2=O)[C@H]2C=C[C@@H]3CC2)cc(Br)c1OCc1ccc(Cl)cc1Cl. The Morgan fingerprint density at radius 1 is 1.06 bits per heavy atom. The van der Waals surface area contributed by atoms with E-state index in [2.05, 4.69) is 33.2 Å². The number of benzene rings is 2. The molecule has 0 N–H and O–H groups in total. The van der Waals surface area contributed by atoms with Crippen LogP contribution in [-0.2, 0) is 16.2 Å². The Balaban J connectivity index is 1.36. The van der Waals surface area contributed by atoms with E-state index in [4.69, 9.17) is 32.7 Å². The van der Waals surface area contributed by atoms with Gasteiger partial charge in [0.15, 0.2) is 11.5 Å². The molecule has 2 aromatic rings. The third-order valence-electron chi connectivity index (χ3n) is 6.78. The molecule has 2 aromatic carbocycles. The predicted molar refractivity (Wildman–Crippen MR) is 138 cm³/mol. The van der Waals surface area contributed by atoms with Crippen molar-refractivity contribution in [3.63, 3.8) is 0 Å². The van der Waals surface area contributed by atoms with E-state index in [-0.39, 0.29) is 42.1 Å². The fourth-order valence-electron chi connectivity index (χ4n) is 5.15. The number of hydrogen-bond donors (Lipinski definition) is 0. The first-order valence-corrected chi connectivity index (χ1v) is 13.1. The number of imide groups is 1. The topological polar surface area (TPSA) is 68.2 Å². The Morgan fingerprint density at radius 3 is 2.34 bits per heavy atom. The zero-order valence-corrected chi connectivity index (χ0v) is 22.0. The first-order valence-electron chi connectivity index (χ1n) is 11.5. The Bertz CT molecular complexity index is 1220. The van der Waals surface area contributed by atoms with E-state index in [1.807, 2.05) is 13.0 Å². The minimum absolute atomic E-state index is 0.130. The normalized spacial score (nSPS) is 25.0. The minimum Gasteiger partial charge on any atom is -0.490 e. The molecule has 2 amide bonds. The van der Waals surface area contributed by atoms with Crippen LogP contribution in [-0.4, -0.2) is 29.6 Å². The Hall–Kier alpha value is -2.35. The van der Waals surface area contributed by atoms with Gasteiger partial charge in [-0.2, -0.15) is 10.1 Å². The summed E-state index contributed by atoms with van der Waals surface area (Å²) in [4.78, 5) is 26.0. The summed E-state index contributed by atoms with van der Waals surface area (Å²) >= 11 is 15.8. The third kappa shape index (κ3) is 4.61. The molecule has 35 heavy (non-hydrogen) atoms. The average Bonchev–Trinajstić information content (AvgIpc) is 3.11. The van der Waals surface area contributed by atoms with E-state index in [0.717, 1.165) is 23.4 Å². The number of allylic oxidation sites excluding steroid dienone is 2. The number of nitrogens with zero attached hydrogens (tertiary/aromatic N) is 2. The van der Waals surface area contributed by atoms with Crippen molar-refractivity contribution in [3.8, 4) is 11.5 Å². The summed E-state index contributed by atoms with van der Waals surface area (Å²) < 4.78 is 12.5. The van der Waals surface area contributed by atoms with Crippen molar-refractivity contribution in [2.75, 3.05) is 6.61 Å². The summed E-state index contributed by atoms with van der Waals surface area (Å²) in [5.74, 6) is 0.282. The summed E-state index contributed by atoms with van der Waals surface area (Å²) in [6, 6.07) is 8.79. The molecule has 1 aliphatic heterocycles. The highest BCUT2D eigenvalue weighted by molar-refractivity contribution is 9.10. The molecule has 1 saturated heterocycles. The molecule has 1 heterocycles. The van der Waals surface area contributed by atoms with E-state index < -0.39 is 0 Å². The predicted octanol–water partition coefficient (Wildman–Crippen LogP) is 6.26. The molecule has 0 aromatic heterocycles. The van der Waals surface area contributed by atoms with Crippen LogP contribution >= 0.6 is 39.1 Å². The lowest BCUT2D eigenvalue weighted by molar-refractivity contribution is -0.140. The van der Waals surface area contributed by atoms with Crippen LogP contribution in [0.4, 0.5) is 0 Å². The Morgan fingerprint density at radius 2 is 1.74 bits per heavy atom. The van der Waals surface area contributed by atoms with E-state index in [9.17, 15) is 9.59 Å². The zero-order valence-electron chi connectivity index (χ0n) is 18.9. The van der Waals surface area contributed by atoms with Crippen molar-refractivity contribution in [1.82, 2.24) is 5.01 Å². The highest BCUT2D eigenvalue weighted by atomic mass is 79.9. The van der Waals surface area contributed by atoms with Gasteiger partial charge >= 0.3 is 0 Å². The standard InChI is InChI=1S/C26H23BrCl2N2O4/c1-2-34-21-10-14(9-19(27)24(21)35-13-17-7-8-18(28)11-20(17)29)12-30-31-25(32)22-15-3-4-16(6-5-15)23(22)26(31)33/h3-4,7-12,15-16,22-23H,2,5-6,13H2,1H3/b30-12-/t15-,16+,22-,23-/m0/s1. The molecular formula is C26H23BrCl2N2O4. The molecule has 6 rings (SSSR count). The van der Waals surface area contributed by atoms with Gasteiger partial charge in [0.2, 0.25) is 0 Å². The molecule has 1 saturated carbocycles. The van der Waals surface area contributed by atoms with Crippen molar-refractivity contribution in [2.45, 2.75) is 26.4 Å². The van der Waals surface area contributed by atoms with Crippen molar-refractivity contribution in [2.24, 2.45) is 28.8 Å². The van der Waals surface area contributed by atoms with Crippen LogP contribution in [0, 0.1) is 23.7 Å². The van der Waals surface area contributed by atoms with Gasteiger partial charge in [-0.15, -0.1) is 0 Å². The summed E-state index contributed by atoms with van der Waals surface area (Å²) in [5.41, 5.74) is 1.45. The van der Waals surface area contributed by atoms with E-state index in [1.54, 1.807) is 24.3 Å². The Kier molecular flexibility index (Phi) is 6.93. The van der Waals surface area contributed by atoms with E-state index in [1.165, 1.54) is 6.21 Å². The lowest BCUT2D eigenvalue weighted by Gasteiger charge is -2.37. The number of carbonyl (C=O) groups excluding carboxylic acids is 2.